The van der Waals surface area contributed by atoms with Crippen molar-refractivity contribution in [3.63, 3.8) is 0 Å². The predicted molar refractivity (Wildman–Crippen MR) is 120 cm³/mol. The fourth-order valence-corrected chi connectivity index (χ4v) is 3.73. The number of Topliss-reactive ketones (excluding diaryl/α,β-unsaturated/α-hetero) is 1. The van der Waals surface area contributed by atoms with Crippen molar-refractivity contribution in [3.05, 3.63) is 76.4 Å². The smallest absolute Gasteiger partial charge is 0.240 e. The van der Waals surface area contributed by atoms with Crippen LogP contribution in [-0.2, 0) is 4.79 Å². The summed E-state index contributed by atoms with van der Waals surface area (Å²) in [7, 11) is 0. The van der Waals surface area contributed by atoms with Gasteiger partial charge in [-0.1, -0.05) is 60.3 Å². The molecule has 0 aromatic heterocycles. The zero-order valence-electron chi connectivity index (χ0n) is 16.7. The van der Waals surface area contributed by atoms with Gasteiger partial charge in [-0.05, 0) is 49.1 Å². The van der Waals surface area contributed by atoms with Crippen molar-refractivity contribution in [3.8, 4) is 0 Å². The van der Waals surface area contributed by atoms with Gasteiger partial charge >= 0.3 is 0 Å². The number of carbonyl (C=O) groups excluding carboxylic acids is 2. The van der Waals surface area contributed by atoms with Gasteiger partial charge in [0.05, 0.1) is 11.5 Å². The van der Waals surface area contributed by atoms with Crippen LogP contribution in [0.2, 0.25) is 0 Å². The Bertz CT molecular complexity index is 1010. The summed E-state index contributed by atoms with van der Waals surface area (Å²) in [6.45, 7) is 5.91. The number of thioether (sulfide) groups is 1. The molecule has 0 bridgehead atoms. The van der Waals surface area contributed by atoms with Crippen LogP contribution in [0.3, 0.4) is 0 Å². The number of hydrogen-bond donors (Lipinski definition) is 1. The molecule has 6 heteroatoms. The SMILES string of the molecule is CC(=C/c1ccccc1)/C=N/N=C1\NC(=O)C(CC(=O)c2ccc(C)c(C)c2)S1. The fraction of sp³-hybridized carbons (Fsp3) is 0.217. The van der Waals surface area contributed by atoms with E-state index in [1.54, 1.807) is 6.21 Å². The van der Waals surface area contributed by atoms with E-state index in [9.17, 15) is 9.59 Å². The average Bonchev–Trinajstić information content (AvgIpc) is 3.04. The molecule has 0 spiro atoms. The average molecular weight is 406 g/mol. The molecule has 0 aliphatic carbocycles. The maximum atomic E-state index is 12.5. The van der Waals surface area contributed by atoms with Crippen molar-refractivity contribution in [2.75, 3.05) is 0 Å². The number of carbonyl (C=O) groups is 2. The van der Waals surface area contributed by atoms with Crippen molar-refractivity contribution in [2.45, 2.75) is 32.4 Å². The zero-order chi connectivity index (χ0) is 20.8. The summed E-state index contributed by atoms with van der Waals surface area (Å²) < 4.78 is 0. The third-order valence-electron chi connectivity index (χ3n) is 4.58. The molecule has 1 aliphatic rings. The first kappa shape index (κ1) is 20.7. The molecule has 2 aromatic carbocycles. The van der Waals surface area contributed by atoms with E-state index < -0.39 is 5.25 Å². The van der Waals surface area contributed by atoms with Crippen LogP contribution in [0.5, 0.6) is 0 Å². The molecular weight excluding hydrogens is 382 g/mol. The van der Waals surface area contributed by atoms with Crippen molar-refractivity contribution < 1.29 is 9.59 Å². The summed E-state index contributed by atoms with van der Waals surface area (Å²) in [6.07, 6.45) is 3.77. The van der Waals surface area contributed by atoms with Crippen LogP contribution in [-0.4, -0.2) is 28.3 Å². The zero-order valence-corrected chi connectivity index (χ0v) is 17.5. The van der Waals surface area contributed by atoms with Gasteiger partial charge in [-0.15, -0.1) is 5.10 Å². The quantitative estimate of drug-likeness (QED) is 0.435. The Kier molecular flexibility index (Phi) is 6.77. The molecule has 3 rings (SSSR count). The minimum absolute atomic E-state index is 0.0489. The van der Waals surface area contributed by atoms with E-state index in [4.69, 9.17) is 0 Å². The van der Waals surface area contributed by atoms with E-state index in [2.05, 4.69) is 15.5 Å². The molecule has 1 fully saturated rings. The van der Waals surface area contributed by atoms with E-state index in [0.29, 0.717) is 10.7 Å². The number of aryl methyl sites for hydroxylation is 2. The van der Waals surface area contributed by atoms with Crippen LogP contribution in [0.4, 0.5) is 0 Å². The molecule has 1 saturated heterocycles. The van der Waals surface area contributed by atoms with E-state index in [-0.39, 0.29) is 18.1 Å². The Labute approximate surface area is 175 Å². The molecule has 1 N–H and O–H groups in total. The first-order valence-corrected chi connectivity index (χ1v) is 10.2. The van der Waals surface area contributed by atoms with Gasteiger partial charge in [0.15, 0.2) is 11.0 Å². The Morgan fingerprint density at radius 1 is 1.14 bits per heavy atom. The molecule has 1 unspecified atom stereocenters. The van der Waals surface area contributed by atoms with Crippen LogP contribution in [0, 0.1) is 13.8 Å². The molecule has 1 aliphatic heterocycles. The Morgan fingerprint density at radius 3 is 2.62 bits per heavy atom. The Morgan fingerprint density at radius 2 is 1.90 bits per heavy atom. The van der Waals surface area contributed by atoms with Gasteiger partial charge in [0.1, 0.15) is 0 Å². The highest BCUT2D eigenvalue weighted by Crippen LogP contribution is 2.24. The molecular formula is C23H23N3O2S. The fourth-order valence-electron chi connectivity index (χ4n) is 2.81. The topological polar surface area (TPSA) is 70.9 Å². The predicted octanol–water partition coefficient (Wildman–Crippen LogP) is 4.55. The van der Waals surface area contributed by atoms with Crippen LogP contribution in [0.1, 0.15) is 40.4 Å². The third kappa shape index (κ3) is 5.74. The Balaban J connectivity index is 1.60. The maximum absolute atomic E-state index is 12.5. The largest absolute Gasteiger partial charge is 0.303 e. The second kappa shape index (κ2) is 9.47. The van der Waals surface area contributed by atoms with E-state index in [0.717, 1.165) is 22.3 Å². The van der Waals surface area contributed by atoms with Crippen LogP contribution < -0.4 is 5.32 Å². The minimum Gasteiger partial charge on any atom is -0.303 e. The molecule has 148 valence electrons. The number of allylic oxidation sites excluding steroid dienone is 1. The van der Waals surface area contributed by atoms with Crippen molar-refractivity contribution in [1.82, 2.24) is 5.32 Å². The summed E-state index contributed by atoms with van der Waals surface area (Å²) in [4.78, 5) is 24.7. The number of nitrogens with one attached hydrogen (secondary N) is 1. The van der Waals surface area contributed by atoms with Gasteiger partial charge in [0, 0.05) is 12.0 Å². The van der Waals surface area contributed by atoms with E-state index in [1.807, 2.05) is 75.4 Å². The van der Waals surface area contributed by atoms with Crippen molar-refractivity contribution >= 4 is 40.9 Å². The van der Waals surface area contributed by atoms with Crippen molar-refractivity contribution in [1.29, 1.82) is 0 Å². The lowest BCUT2D eigenvalue weighted by Crippen LogP contribution is -2.26. The lowest BCUT2D eigenvalue weighted by Gasteiger charge is -2.06. The third-order valence-corrected chi connectivity index (χ3v) is 5.65. The van der Waals surface area contributed by atoms with E-state index >= 15 is 0 Å². The number of rotatable bonds is 6. The highest BCUT2D eigenvalue weighted by Gasteiger charge is 2.32. The number of nitrogens with zero attached hydrogens (tertiary/aromatic N) is 2. The normalized spacial score (nSPS) is 18.4. The molecule has 29 heavy (non-hydrogen) atoms. The second-order valence-corrected chi connectivity index (χ2v) is 8.16. The lowest BCUT2D eigenvalue weighted by molar-refractivity contribution is -0.118. The summed E-state index contributed by atoms with van der Waals surface area (Å²) in [5.74, 6) is -0.259. The summed E-state index contributed by atoms with van der Waals surface area (Å²) in [5.41, 5.74) is 4.86. The molecule has 0 saturated carbocycles. The van der Waals surface area contributed by atoms with Gasteiger partial charge in [0.25, 0.3) is 0 Å². The van der Waals surface area contributed by atoms with Gasteiger partial charge in [-0.2, -0.15) is 5.10 Å². The number of benzene rings is 2. The van der Waals surface area contributed by atoms with Gasteiger partial charge in [-0.3, -0.25) is 9.59 Å². The lowest BCUT2D eigenvalue weighted by atomic mass is 10.0. The molecule has 0 radical (unpaired) electrons. The van der Waals surface area contributed by atoms with Gasteiger partial charge in [-0.25, -0.2) is 0 Å². The summed E-state index contributed by atoms with van der Waals surface area (Å²) in [5, 5.41) is 10.7. The van der Waals surface area contributed by atoms with Gasteiger partial charge in [0.2, 0.25) is 5.91 Å². The number of ketones is 1. The number of amides is 1. The second-order valence-electron chi connectivity index (χ2n) is 6.97. The molecule has 1 heterocycles. The molecule has 1 atom stereocenters. The number of hydrogen-bond acceptors (Lipinski definition) is 5. The molecule has 1 amide bonds. The summed E-state index contributed by atoms with van der Waals surface area (Å²) in [6, 6.07) is 15.5. The standard InChI is InChI=1S/C23H23N3O2S/c1-15(11-18-7-5-4-6-8-18)14-24-26-23-25-22(28)21(29-23)13-20(27)19-10-9-16(2)17(3)12-19/h4-12,14,21H,13H2,1-3H3,(H,25,26,28)/b15-11-,24-14+. The number of amidine groups is 1. The first-order valence-electron chi connectivity index (χ1n) is 9.35. The monoisotopic (exact) mass is 405 g/mol. The highest BCUT2D eigenvalue weighted by molar-refractivity contribution is 8.15. The maximum Gasteiger partial charge on any atom is 0.240 e. The molecule has 2 aromatic rings. The minimum atomic E-state index is -0.487. The van der Waals surface area contributed by atoms with Crippen LogP contribution in [0.15, 0.2) is 64.3 Å². The first-order chi connectivity index (χ1) is 13.9. The van der Waals surface area contributed by atoms with Crippen LogP contribution in [0.25, 0.3) is 6.08 Å². The van der Waals surface area contributed by atoms with Gasteiger partial charge < -0.3 is 5.32 Å². The highest BCUT2D eigenvalue weighted by atomic mass is 32.2. The summed E-state index contributed by atoms with van der Waals surface area (Å²) >= 11 is 1.24. The van der Waals surface area contributed by atoms with Crippen LogP contribution >= 0.6 is 11.8 Å². The van der Waals surface area contributed by atoms with E-state index in [1.165, 1.54) is 11.8 Å². The molecule has 5 nitrogen and oxygen atoms in total. The van der Waals surface area contributed by atoms with Crippen molar-refractivity contribution in [2.24, 2.45) is 10.2 Å². The Hall–Kier alpha value is -2.99.